The third kappa shape index (κ3) is 6.55. The summed E-state index contributed by atoms with van der Waals surface area (Å²) in [5, 5.41) is 7.26. The third-order valence-corrected chi connectivity index (χ3v) is 19.2. The molecule has 342 valence electrons. The van der Waals surface area contributed by atoms with Gasteiger partial charge >= 0.3 is 0 Å². The SMILES string of the molecule is CC12Oc3cc(N(c4ccc([Si](C)(C)C)cc4)c4cccc5c4oc4ccccc45)ccc3C1c1ccccc1-c1cc(N(c3ccc([Si](C)(C)C)cc3)c3cccc4c3oc3ccccc34)ccc12. The van der Waals surface area contributed by atoms with Crippen LogP contribution in [0.3, 0.4) is 0 Å². The monoisotopic (exact) mass is 942 g/mol. The molecule has 0 saturated heterocycles. The number of hydrogen-bond acceptors (Lipinski definition) is 5. The predicted octanol–water partition coefficient (Wildman–Crippen LogP) is 16.9. The molecule has 0 saturated carbocycles. The van der Waals surface area contributed by atoms with E-state index in [0.717, 1.165) is 83.8 Å². The molecular formula is C63H54N2O3Si2. The highest BCUT2D eigenvalue weighted by molar-refractivity contribution is 6.89. The fourth-order valence-corrected chi connectivity index (χ4v) is 13.8. The summed E-state index contributed by atoms with van der Waals surface area (Å²) in [5.41, 5.74) is 15.0. The van der Waals surface area contributed by atoms with E-state index < -0.39 is 21.7 Å². The lowest BCUT2D eigenvalue weighted by Gasteiger charge is -2.39. The van der Waals surface area contributed by atoms with Gasteiger partial charge in [0.1, 0.15) is 22.5 Å². The molecule has 1 aliphatic carbocycles. The molecule has 5 nitrogen and oxygen atoms in total. The molecule has 0 amide bonds. The van der Waals surface area contributed by atoms with Gasteiger partial charge in [-0.2, -0.15) is 0 Å². The average molecular weight is 943 g/mol. The summed E-state index contributed by atoms with van der Waals surface area (Å²) in [6.07, 6.45) is 0. The number of furan rings is 2. The number of para-hydroxylation sites is 4. The molecule has 70 heavy (non-hydrogen) atoms. The maximum Gasteiger partial charge on any atom is 0.159 e. The maximum atomic E-state index is 7.48. The summed E-state index contributed by atoms with van der Waals surface area (Å²) in [4.78, 5) is 4.72. The average Bonchev–Trinajstić information content (AvgIpc) is 4.04. The molecular weight excluding hydrogens is 889 g/mol. The fourth-order valence-electron chi connectivity index (χ4n) is 11.5. The van der Waals surface area contributed by atoms with E-state index in [4.69, 9.17) is 13.6 Å². The van der Waals surface area contributed by atoms with Crippen molar-refractivity contribution in [1.29, 1.82) is 0 Å². The molecule has 3 heterocycles. The fraction of sp³-hybridized carbons (Fsp3) is 0.143. The highest BCUT2D eigenvalue weighted by Crippen LogP contribution is 2.61. The number of fused-ring (bicyclic) bond motifs is 14. The van der Waals surface area contributed by atoms with Gasteiger partial charge in [-0.1, -0.05) is 171 Å². The van der Waals surface area contributed by atoms with Crippen LogP contribution in [-0.2, 0) is 5.60 Å². The first-order chi connectivity index (χ1) is 33.8. The number of benzene rings is 9. The summed E-state index contributed by atoms with van der Waals surface area (Å²) in [7, 11) is -3.10. The summed E-state index contributed by atoms with van der Waals surface area (Å²) >= 11 is 0. The lowest BCUT2D eigenvalue weighted by atomic mass is 9.68. The second-order valence-electron chi connectivity index (χ2n) is 21.5. The second-order valence-corrected chi connectivity index (χ2v) is 31.6. The quantitative estimate of drug-likeness (QED) is 0.142. The van der Waals surface area contributed by atoms with Crippen LogP contribution in [0.5, 0.6) is 5.75 Å². The van der Waals surface area contributed by atoms with Crippen LogP contribution in [0.25, 0.3) is 55.0 Å². The number of hydrogen-bond donors (Lipinski definition) is 0. The van der Waals surface area contributed by atoms with E-state index in [-0.39, 0.29) is 5.92 Å². The zero-order chi connectivity index (χ0) is 47.7. The van der Waals surface area contributed by atoms with Gasteiger partial charge in [0.15, 0.2) is 11.2 Å². The molecule has 0 N–H and O–H groups in total. The minimum Gasteiger partial charge on any atom is -0.481 e. The largest absolute Gasteiger partial charge is 0.481 e. The number of rotatable bonds is 8. The Balaban J connectivity index is 0.958. The third-order valence-electron chi connectivity index (χ3n) is 15.0. The van der Waals surface area contributed by atoms with E-state index in [1.807, 2.05) is 12.1 Å². The van der Waals surface area contributed by atoms with Gasteiger partial charge in [-0.05, 0) is 90.3 Å². The van der Waals surface area contributed by atoms with E-state index in [1.54, 1.807) is 0 Å². The van der Waals surface area contributed by atoms with Crippen molar-refractivity contribution in [3.63, 3.8) is 0 Å². The summed E-state index contributed by atoms with van der Waals surface area (Å²) in [5.74, 6) is 0.863. The first kappa shape index (κ1) is 42.5. The Hall–Kier alpha value is -7.59. The molecule has 13 rings (SSSR count). The Morgan fingerprint density at radius 3 is 1.44 bits per heavy atom. The summed E-state index contributed by atoms with van der Waals surface area (Å²) in [6.45, 7) is 16.7. The van der Waals surface area contributed by atoms with Gasteiger partial charge in [0, 0.05) is 61.5 Å². The van der Waals surface area contributed by atoms with Crippen LogP contribution in [0.2, 0.25) is 39.3 Å². The summed E-state index contributed by atoms with van der Waals surface area (Å²) < 4.78 is 20.9. The lowest BCUT2D eigenvalue weighted by Crippen LogP contribution is -2.37. The smallest absolute Gasteiger partial charge is 0.159 e. The topological polar surface area (TPSA) is 42.0 Å². The first-order valence-corrected chi connectivity index (χ1v) is 31.5. The van der Waals surface area contributed by atoms with Crippen LogP contribution < -0.4 is 24.9 Å². The zero-order valence-electron chi connectivity index (χ0n) is 40.7. The van der Waals surface area contributed by atoms with Crippen molar-refractivity contribution in [3.05, 3.63) is 211 Å². The van der Waals surface area contributed by atoms with Gasteiger partial charge in [-0.15, -0.1) is 0 Å². The molecule has 0 radical (unpaired) electrons. The molecule has 0 fully saturated rings. The Morgan fingerprint density at radius 2 is 0.886 bits per heavy atom. The molecule has 11 aromatic rings. The maximum absolute atomic E-state index is 7.48. The molecule has 9 aromatic carbocycles. The van der Waals surface area contributed by atoms with Crippen molar-refractivity contribution in [1.82, 2.24) is 0 Å². The molecule has 2 aromatic heterocycles. The van der Waals surface area contributed by atoms with Gasteiger partial charge in [0.2, 0.25) is 0 Å². The van der Waals surface area contributed by atoms with Crippen molar-refractivity contribution >= 4 is 105 Å². The van der Waals surface area contributed by atoms with Crippen LogP contribution >= 0.6 is 0 Å². The van der Waals surface area contributed by atoms with Crippen molar-refractivity contribution in [2.75, 3.05) is 9.80 Å². The Bertz CT molecular complexity index is 3880. The van der Waals surface area contributed by atoms with Gasteiger partial charge in [-0.3, -0.25) is 0 Å². The van der Waals surface area contributed by atoms with Crippen LogP contribution in [-0.4, -0.2) is 16.1 Å². The van der Waals surface area contributed by atoms with Gasteiger partial charge in [-0.25, -0.2) is 0 Å². The van der Waals surface area contributed by atoms with E-state index in [0.29, 0.717) is 0 Å². The van der Waals surface area contributed by atoms with Gasteiger partial charge in [0.25, 0.3) is 0 Å². The van der Waals surface area contributed by atoms with Gasteiger partial charge in [0.05, 0.1) is 33.4 Å². The number of anilines is 6. The highest BCUT2D eigenvalue weighted by atomic mass is 28.3. The molecule has 2 atom stereocenters. The van der Waals surface area contributed by atoms with E-state index in [1.165, 1.54) is 38.2 Å². The highest BCUT2D eigenvalue weighted by Gasteiger charge is 2.52. The first-order valence-electron chi connectivity index (χ1n) is 24.5. The standard InChI is InChI=1S/C63H54N2O3Si2/c1-63-54-37-31-42(64(40-26-32-44(33-27-40)69(2,3)4)55-22-14-20-50-47-17-10-12-24-57(47)66-61(50)55)38-53(54)46-16-8-9-19-49(46)60(63)52-36-30-43(39-59(52)68-63)65(41-28-34-45(35-29-41)70(5,6)7)56-23-15-21-51-48-18-11-13-25-58(48)67-62(51)56/h8-39,60H,1-7H3. The molecule has 0 bridgehead atoms. The van der Waals surface area contributed by atoms with Crippen LogP contribution in [0.1, 0.15) is 29.5 Å². The van der Waals surface area contributed by atoms with E-state index in [2.05, 4.69) is 238 Å². The Labute approximate surface area is 411 Å². The Morgan fingerprint density at radius 1 is 0.414 bits per heavy atom. The van der Waals surface area contributed by atoms with Crippen molar-refractivity contribution in [3.8, 4) is 16.9 Å². The normalized spacial score (nSPS) is 16.2. The van der Waals surface area contributed by atoms with Crippen molar-refractivity contribution < 1.29 is 13.6 Å². The van der Waals surface area contributed by atoms with Crippen molar-refractivity contribution in [2.45, 2.75) is 57.7 Å². The summed E-state index contributed by atoms with van der Waals surface area (Å²) in [6, 6.07) is 70.8. The van der Waals surface area contributed by atoms with Crippen molar-refractivity contribution in [2.24, 2.45) is 0 Å². The molecule has 2 unspecified atom stereocenters. The van der Waals surface area contributed by atoms with Crippen LogP contribution in [0, 0.1) is 0 Å². The Kier molecular flexibility index (Phi) is 9.39. The second kappa shape index (κ2) is 15.5. The lowest BCUT2D eigenvalue weighted by molar-refractivity contribution is 0.0977. The number of nitrogens with zero attached hydrogens (tertiary/aromatic N) is 2. The molecule has 2 aliphatic rings. The zero-order valence-corrected chi connectivity index (χ0v) is 42.7. The number of ether oxygens (including phenoxy) is 1. The van der Waals surface area contributed by atoms with Crippen LogP contribution in [0.4, 0.5) is 34.1 Å². The predicted molar refractivity (Wildman–Crippen MR) is 298 cm³/mol. The molecule has 0 spiro atoms. The molecule has 7 heteroatoms. The van der Waals surface area contributed by atoms with Gasteiger partial charge < -0.3 is 23.4 Å². The minimum atomic E-state index is -1.55. The van der Waals surface area contributed by atoms with E-state index >= 15 is 0 Å². The molecule has 1 aliphatic heterocycles. The minimum absolute atomic E-state index is 0.0242. The van der Waals surface area contributed by atoms with Crippen LogP contribution in [0.15, 0.2) is 203 Å². The van der Waals surface area contributed by atoms with E-state index in [9.17, 15) is 0 Å².